The number of benzene rings is 1. The Morgan fingerprint density at radius 2 is 1.55 bits per heavy atom. The van der Waals surface area contributed by atoms with E-state index < -0.39 is 0 Å². The third-order valence-electron chi connectivity index (χ3n) is 6.71. The van der Waals surface area contributed by atoms with Crippen molar-refractivity contribution in [1.29, 1.82) is 0 Å². The molecule has 162 valence electrons. The summed E-state index contributed by atoms with van der Waals surface area (Å²) in [4.78, 5) is 50.9. The molecule has 8 heteroatoms. The van der Waals surface area contributed by atoms with Gasteiger partial charge in [0.25, 0.3) is 0 Å². The maximum Gasteiger partial charge on any atom is 0.233 e. The zero-order valence-electron chi connectivity index (χ0n) is 17.5. The van der Waals surface area contributed by atoms with Crippen molar-refractivity contribution in [3.05, 3.63) is 24.3 Å². The van der Waals surface area contributed by atoms with Gasteiger partial charge in [-0.25, -0.2) is 9.97 Å². The molecule has 3 amide bonds. The number of amides is 3. The molecule has 1 aromatic heterocycles. The van der Waals surface area contributed by atoms with Gasteiger partial charge in [-0.15, -0.1) is 0 Å². The van der Waals surface area contributed by atoms with Crippen molar-refractivity contribution < 1.29 is 14.4 Å². The van der Waals surface area contributed by atoms with Gasteiger partial charge >= 0.3 is 0 Å². The van der Waals surface area contributed by atoms with Crippen LogP contribution in [0.3, 0.4) is 0 Å². The average Bonchev–Trinajstić information content (AvgIpc) is 3.40. The van der Waals surface area contributed by atoms with Crippen LogP contribution in [0, 0.1) is 11.8 Å². The van der Waals surface area contributed by atoms with Gasteiger partial charge in [0.05, 0.1) is 22.9 Å². The van der Waals surface area contributed by atoms with Crippen LogP contribution in [0.4, 0.5) is 11.6 Å². The fourth-order valence-electron chi connectivity index (χ4n) is 5.08. The van der Waals surface area contributed by atoms with E-state index in [1.807, 2.05) is 24.3 Å². The Kier molecular flexibility index (Phi) is 5.29. The number of fused-ring (bicyclic) bond motifs is 2. The molecular weight excluding hydrogens is 394 g/mol. The summed E-state index contributed by atoms with van der Waals surface area (Å²) >= 11 is 0. The molecule has 0 radical (unpaired) electrons. The highest BCUT2D eigenvalue weighted by atomic mass is 16.2. The van der Waals surface area contributed by atoms with Crippen molar-refractivity contribution >= 4 is 40.4 Å². The Labute approximate surface area is 181 Å². The SMILES string of the molecule is O=C(CCN1C(=O)C2CCCCC2C1=O)Nc1nc2ccccc2nc1N1CCCC1. The van der Waals surface area contributed by atoms with Crippen molar-refractivity contribution in [1.82, 2.24) is 14.9 Å². The molecule has 8 nitrogen and oxygen atoms in total. The van der Waals surface area contributed by atoms with Gasteiger partial charge in [0.1, 0.15) is 0 Å². The fourth-order valence-corrected chi connectivity index (χ4v) is 5.08. The van der Waals surface area contributed by atoms with E-state index >= 15 is 0 Å². The molecule has 0 bridgehead atoms. The van der Waals surface area contributed by atoms with Crippen LogP contribution >= 0.6 is 0 Å². The maximum atomic E-state index is 12.8. The second-order valence-corrected chi connectivity index (χ2v) is 8.70. The summed E-state index contributed by atoms with van der Waals surface area (Å²) in [7, 11) is 0. The van der Waals surface area contributed by atoms with Gasteiger partial charge in [0.15, 0.2) is 11.6 Å². The van der Waals surface area contributed by atoms with E-state index in [0.29, 0.717) is 11.6 Å². The molecule has 3 heterocycles. The Balaban J connectivity index is 1.30. The highest BCUT2D eigenvalue weighted by Gasteiger charge is 2.47. The molecule has 1 aromatic carbocycles. The molecular formula is C23H27N5O3. The largest absolute Gasteiger partial charge is 0.354 e. The molecule has 0 spiro atoms. The molecule has 2 atom stereocenters. The lowest BCUT2D eigenvalue weighted by atomic mass is 9.81. The van der Waals surface area contributed by atoms with Crippen molar-refractivity contribution in [3.8, 4) is 0 Å². The van der Waals surface area contributed by atoms with Crippen LogP contribution in [0.2, 0.25) is 0 Å². The minimum Gasteiger partial charge on any atom is -0.354 e. The van der Waals surface area contributed by atoms with E-state index in [-0.39, 0.29) is 42.5 Å². The summed E-state index contributed by atoms with van der Waals surface area (Å²) in [6.45, 7) is 1.89. The Morgan fingerprint density at radius 3 is 2.19 bits per heavy atom. The van der Waals surface area contributed by atoms with Crippen molar-refractivity contribution in [2.45, 2.75) is 44.9 Å². The molecule has 31 heavy (non-hydrogen) atoms. The topological polar surface area (TPSA) is 95.5 Å². The summed E-state index contributed by atoms with van der Waals surface area (Å²) < 4.78 is 0. The van der Waals surface area contributed by atoms with E-state index in [1.165, 1.54) is 4.90 Å². The van der Waals surface area contributed by atoms with Crippen molar-refractivity contribution in [2.24, 2.45) is 11.8 Å². The smallest absolute Gasteiger partial charge is 0.233 e. The minimum absolute atomic E-state index is 0.0604. The number of carbonyl (C=O) groups excluding carboxylic acids is 3. The first kappa shape index (κ1) is 19.9. The standard InChI is InChI=1S/C23H27N5O3/c29-19(11-14-28-22(30)15-7-1-2-8-16(15)23(28)31)26-20-21(27-12-5-6-13-27)25-18-10-4-3-9-17(18)24-20/h3-4,9-10,15-16H,1-2,5-8,11-14H2,(H,24,26,29). The van der Waals surface area contributed by atoms with Gasteiger partial charge in [-0.2, -0.15) is 0 Å². The average molecular weight is 422 g/mol. The molecule has 2 aromatic rings. The number of likely N-dealkylation sites (tertiary alicyclic amines) is 1. The van der Waals surface area contributed by atoms with Crippen molar-refractivity contribution in [2.75, 3.05) is 29.9 Å². The molecule has 2 unspecified atom stereocenters. The van der Waals surface area contributed by atoms with E-state index in [0.717, 1.165) is 62.6 Å². The number of imide groups is 1. The van der Waals surface area contributed by atoms with Gasteiger partial charge in [-0.1, -0.05) is 25.0 Å². The highest BCUT2D eigenvalue weighted by Crippen LogP contribution is 2.38. The van der Waals surface area contributed by atoms with Crippen LogP contribution in [0.1, 0.15) is 44.9 Å². The normalized spacial score (nSPS) is 23.5. The number of para-hydroxylation sites is 2. The predicted molar refractivity (Wildman–Crippen MR) is 116 cm³/mol. The van der Waals surface area contributed by atoms with Gasteiger partial charge in [-0.3, -0.25) is 19.3 Å². The molecule has 5 rings (SSSR count). The Bertz CT molecular complexity index is 1010. The van der Waals surface area contributed by atoms with Crippen LogP contribution in [0.5, 0.6) is 0 Å². The van der Waals surface area contributed by atoms with Crippen LogP contribution < -0.4 is 10.2 Å². The monoisotopic (exact) mass is 421 g/mol. The number of aromatic nitrogens is 2. The first-order valence-corrected chi connectivity index (χ1v) is 11.3. The third kappa shape index (κ3) is 3.75. The van der Waals surface area contributed by atoms with E-state index in [4.69, 9.17) is 4.98 Å². The number of hydrogen-bond donors (Lipinski definition) is 1. The van der Waals surface area contributed by atoms with E-state index in [2.05, 4.69) is 15.2 Å². The predicted octanol–water partition coefficient (Wildman–Crippen LogP) is 2.73. The maximum absolute atomic E-state index is 12.8. The molecule has 1 aliphatic carbocycles. The quantitative estimate of drug-likeness (QED) is 0.746. The lowest BCUT2D eigenvalue weighted by Gasteiger charge is -2.20. The van der Waals surface area contributed by atoms with Crippen LogP contribution in [-0.2, 0) is 14.4 Å². The Morgan fingerprint density at radius 1 is 0.935 bits per heavy atom. The second kappa shape index (κ2) is 8.24. The number of rotatable bonds is 5. The minimum atomic E-state index is -0.263. The summed E-state index contributed by atoms with van der Waals surface area (Å²) in [5.41, 5.74) is 1.51. The molecule has 3 fully saturated rings. The number of nitrogens with one attached hydrogen (secondary N) is 1. The van der Waals surface area contributed by atoms with E-state index in [1.54, 1.807) is 0 Å². The number of anilines is 2. The summed E-state index contributed by atoms with van der Waals surface area (Å²) in [5.74, 6) is 0.286. The molecule has 1 saturated carbocycles. The lowest BCUT2D eigenvalue weighted by Crippen LogP contribution is -2.34. The van der Waals surface area contributed by atoms with Gasteiger partial charge in [0, 0.05) is 26.1 Å². The first-order chi connectivity index (χ1) is 15.1. The molecule has 2 aliphatic heterocycles. The van der Waals surface area contributed by atoms with Crippen LogP contribution in [-0.4, -0.2) is 52.2 Å². The summed E-state index contributed by atoms with van der Waals surface area (Å²) in [6, 6.07) is 7.60. The number of hydrogen-bond acceptors (Lipinski definition) is 6. The fraction of sp³-hybridized carbons (Fsp3) is 0.522. The molecule has 1 N–H and O–H groups in total. The molecule has 2 saturated heterocycles. The van der Waals surface area contributed by atoms with Gasteiger partial charge in [0.2, 0.25) is 17.7 Å². The first-order valence-electron chi connectivity index (χ1n) is 11.3. The summed E-state index contributed by atoms with van der Waals surface area (Å²) in [6.07, 6.45) is 5.79. The third-order valence-corrected chi connectivity index (χ3v) is 6.71. The van der Waals surface area contributed by atoms with E-state index in [9.17, 15) is 14.4 Å². The highest BCUT2D eigenvalue weighted by molar-refractivity contribution is 6.05. The van der Waals surface area contributed by atoms with Crippen molar-refractivity contribution in [3.63, 3.8) is 0 Å². The number of carbonyl (C=O) groups is 3. The van der Waals surface area contributed by atoms with Crippen LogP contribution in [0.25, 0.3) is 11.0 Å². The zero-order valence-corrected chi connectivity index (χ0v) is 17.5. The number of nitrogens with zero attached hydrogens (tertiary/aromatic N) is 4. The van der Waals surface area contributed by atoms with Crippen LogP contribution in [0.15, 0.2) is 24.3 Å². The second-order valence-electron chi connectivity index (χ2n) is 8.70. The zero-order chi connectivity index (χ0) is 21.4. The Hall–Kier alpha value is -3.03. The lowest BCUT2D eigenvalue weighted by molar-refractivity contribution is -0.140. The summed E-state index contributed by atoms with van der Waals surface area (Å²) in [5, 5.41) is 2.89. The van der Waals surface area contributed by atoms with Gasteiger partial charge < -0.3 is 10.2 Å². The van der Waals surface area contributed by atoms with Gasteiger partial charge in [-0.05, 0) is 37.8 Å². The molecule has 3 aliphatic rings.